The van der Waals surface area contributed by atoms with Crippen LogP contribution in [0.15, 0.2) is 42.9 Å². The quantitative estimate of drug-likeness (QED) is 0.690. The molecule has 3 aromatic rings. The van der Waals surface area contributed by atoms with E-state index in [1.54, 1.807) is 12.4 Å². The first-order valence-corrected chi connectivity index (χ1v) is 9.75. The number of hydrogen-bond acceptors (Lipinski definition) is 5. The molecule has 0 aromatic carbocycles. The number of carbonyl (C=O) groups excluding carboxylic acids is 1. The summed E-state index contributed by atoms with van der Waals surface area (Å²) in [6, 6.07) is 6.09. The molecular formula is C20H21F3N6O. The van der Waals surface area contributed by atoms with E-state index in [9.17, 15) is 18.0 Å². The van der Waals surface area contributed by atoms with Gasteiger partial charge in [-0.25, -0.2) is 0 Å². The van der Waals surface area contributed by atoms with Gasteiger partial charge in [0.15, 0.2) is 5.65 Å². The Hall–Kier alpha value is -3.17. The SMILES string of the molecule is O=C(NCCc1cccnc1)[C@H]1CCCN(c2nnc3ccc(C(F)(F)F)cn23)C1. The summed E-state index contributed by atoms with van der Waals surface area (Å²) in [4.78, 5) is 18.5. The van der Waals surface area contributed by atoms with E-state index in [2.05, 4.69) is 20.5 Å². The van der Waals surface area contributed by atoms with Gasteiger partial charge in [-0.2, -0.15) is 13.2 Å². The van der Waals surface area contributed by atoms with Gasteiger partial charge in [-0.15, -0.1) is 10.2 Å². The molecule has 0 aliphatic carbocycles. The topological polar surface area (TPSA) is 75.4 Å². The molecule has 1 atom stereocenters. The van der Waals surface area contributed by atoms with Crippen molar-refractivity contribution in [3.63, 3.8) is 0 Å². The third-order valence-corrected chi connectivity index (χ3v) is 5.22. The van der Waals surface area contributed by atoms with Crippen LogP contribution in [0.5, 0.6) is 0 Å². The number of carbonyl (C=O) groups is 1. The predicted octanol–water partition coefficient (Wildman–Crippen LogP) is 2.72. The van der Waals surface area contributed by atoms with Crippen molar-refractivity contribution in [2.75, 3.05) is 24.5 Å². The maximum absolute atomic E-state index is 13.1. The number of nitrogens with one attached hydrogen (secondary N) is 1. The molecule has 1 amide bonds. The smallest absolute Gasteiger partial charge is 0.355 e. The zero-order chi connectivity index (χ0) is 21.1. The highest BCUT2D eigenvalue weighted by molar-refractivity contribution is 5.79. The summed E-state index contributed by atoms with van der Waals surface area (Å²) in [6.07, 6.45) is 2.17. The molecule has 0 saturated carbocycles. The van der Waals surface area contributed by atoms with E-state index in [0.717, 1.165) is 30.7 Å². The minimum absolute atomic E-state index is 0.0617. The Labute approximate surface area is 170 Å². The summed E-state index contributed by atoms with van der Waals surface area (Å²) in [7, 11) is 0. The minimum atomic E-state index is -4.45. The molecule has 1 N–H and O–H groups in total. The van der Waals surface area contributed by atoms with Crippen molar-refractivity contribution in [2.24, 2.45) is 5.92 Å². The number of alkyl halides is 3. The fourth-order valence-corrected chi connectivity index (χ4v) is 3.66. The lowest BCUT2D eigenvalue weighted by molar-refractivity contribution is -0.137. The van der Waals surface area contributed by atoms with Gasteiger partial charge < -0.3 is 10.2 Å². The van der Waals surface area contributed by atoms with Crippen LogP contribution >= 0.6 is 0 Å². The van der Waals surface area contributed by atoms with Gasteiger partial charge in [0.25, 0.3) is 0 Å². The van der Waals surface area contributed by atoms with Crippen molar-refractivity contribution in [3.05, 3.63) is 54.0 Å². The second-order valence-corrected chi connectivity index (χ2v) is 7.33. The highest BCUT2D eigenvalue weighted by Gasteiger charge is 2.32. The number of hydrogen-bond donors (Lipinski definition) is 1. The fraction of sp³-hybridized carbons (Fsp3) is 0.400. The first kappa shape index (κ1) is 20.1. The van der Waals surface area contributed by atoms with Crippen LogP contribution in [0.25, 0.3) is 5.65 Å². The molecule has 4 rings (SSSR count). The van der Waals surface area contributed by atoms with E-state index < -0.39 is 11.7 Å². The van der Waals surface area contributed by atoms with Crippen LogP contribution in [0.3, 0.4) is 0 Å². The number of halogens is 3. The van der Waals surface area contributed by atoms with E-state index in [4.69, 9.17) is 0 Å². The highest BCUT2D eigenvalue weighted by atomic mass is 19.4. The van der Waals surface area contributed by atoms with E-state index in [0.29, 0.717) is 37.7 Å². The van der Waals surface area contributed by atoms with Gasteiger partial charge >= 0.3 is 6.18 Å². The average Bonchev–Trinajstić information content (AvgIpc) is 3.17. The van der Waals surface area contributed by atoms with Crippen molar-refractivity contribution in [1.29, 1.82) is 0 Å². The van der Waals surface area contributed by atoms with E-state index in [1.807, 2.05) is 17.0 Å². The third kappa shape index (κ3) is 4.37. The largest absolute Gasteiger partial charge is 0.417 e. The lowest BCUT2D eigenvalue weighted by Crippen LogP contribution is -2.44. The molecule has 30 heavy (non-hydrogen) atoms. The number of fused-ring (bicyclic) bond motifs is 1. The normalized spacial score (nSPS) is 17.3. The number of amides is 1. The maximum atomic E-state index is 13.1. The first-order valence-electron chi connectivity index (χ1n) is 9.75. The Balaban J connectivity index is 1.43. The van der Waals surface area contributed by atoms with Crippen LogP contribution in [0, 0.1) is 5.92 Å². The number of piperidine rings is 1. The Kier molecular flexibility index (Phi) is 5.56. The number of rotatable bonds is 5. The van der Waals surface area contributed by atoms with Crippen LogP contribution in [0.4, 0.5) is 19.1 Å². The summed E-state index contributed by atoms with van der Waals surface area (Å²) >= 11 is 0. The molecule has 1 fully saturated rings. The summed E-state index contributed by atoms with van der Waals surface area (Å²) in [5, 5.41) is 11.0. The van der Waals surface area contributed by atoms with E-state index in [-0.39, 0.29) is 11.8 Å². The van der Waals surface area contributed by atoms with Gasteiger partial charge in [0.1, 0.15) is 0 Å². The number of aromatic nitrogens is 4. The molecule has 4 heterocycles. The van der Waals surface area contributed by atoms with Crippen molar-refractivity contribution in [2.45, 2.75) is 25.4 Å². The first-order chi connectivity index (χ1) is 14.4. The molecule has 0 bridgehead atoms. The van der Waals surface area contributed by atoms with Crippen molar-refractivity contribution >= 4 is 17.5 Å². The van der Waals surface area contributed by atoms with Crippen molar-refractivity contribution in [3.8, 4) is 0 Å². The second-order valence-electron chi connectivity index (χ2n) is 7.33. The zero-order valence-corrected chi connectivity index (χ0v) is 16.1. The fourth-order valence-electron chi connectivity index (χ4n) is 3.66. The Morgan fingerprint density at radius 1 is 1.23 bits per heavy atom. The number of pyridine rings is 2. The lowest BCUT2D eigenvalue weighted by atomic mass is 9.97. The van der Waals surface area contributed by atoms with E-state index >= 15 is 0 Å². The van der Waals surface area contributed by atoms with Gasteiger partial charge in [0, 0.05) is 38.2 Å². The van der Waals surface area contributed by atoms with Crippen LogP contribution in [-0.2, 0) is 17.4 Å². The molecule has 7 nitrogen and oxygen atoms in total. The molecule has 1 saturated heterocycles. The number of nitrogens with zero attached hydrogens (tertiary/aromatic N) is 5. The van der Waals surface area contributed by atoms with Crippen molar-refractivity contribution < 1.29 is 18.0 Å². The molecule has 1 aliphatic heterocycles. The molecule has 0 unspecified atom stereocenters. The summed E-state index contributed by atoms with van der Waals surface area (Å²) in [5.74, 6) is 0.00292. The van der Waals surface area contributed by atoms with E-state index in [1.165, 1.54) is 10.5 Å². The Bertz CT molecular complexity index is 1020. The molecule has 1 aliphatic rings. The molecule has 0 radical (unpaired) electrons. The van der Waals surface area contributed by atoms with Crippen LogP contribution in [0.2, 0.25) is 0 Å². The predicted molar refractivity (Wildman–Crippen MR) is 104 cm³/mol. The van der Waals surface area contributed by atoms with Crippen LogP contribution in [-0.4, -0.2) is 45.1 Å². The number of anilines is 1. The average molecular weight is 418 g/mol. The summed E-state index contributed by atoms with van der Waals surface area (Å²) < 4.78 is 40.6. The molecule has 0 spiro atoms. The van der Waals surface area contributed by atoms with Gasteiger partial charge in [-0.05, 0) is 43.0 Å². The Morgan fingerprint density at radius 3 is 2.87 bits per heavy atom. The van der Waals surface area contributed by atoms with Crippen LogP contribution < -0.4 is 10.2 Å². The van der Waals surface area contributed by atoms with Gasteiger partial charge in [0.2, 0.25) is 11.9 Å². The van der Waals surface area contributed by atoms with Gasteiger partial charge in [-0.1, -0.05) is 6.07 Å². The minimum Gasteiger partial charge on any atom is -0.355 e. The van der Waals surface area contributed by atoms with Crippen LogP contribution in [0.1, 0.15) is 24.0 Å². The Morgan fingerprint density at radius 2 is 2.10 bits per heavy atom. The van der Waals surface area contributed by atoms with Crippen molar-refractivity contribution in [1.82, 2.24) is 24.9 Å². The standard InChI is InChI=1S/C20H21F3N6O/c21-20(22,23)16-5-6-17-26-27-19(29(17)13-16)28-10-2-4-15(12-28)18(30)25-9-7-14-3-1-8-24-11-14/h1,3,5-6,8,11,13,15H,2,4,7,9-10,12H2,(H,25,30)/t15-/m0/s1. The third-order valence-electron chi connectivity index (χ3n) is 5.22. The summed E-state index contributed by atoms with van der Waals surface area (Å²) in [6.45, 7) is 1.50. The van der Waals surface area contributed by atoms with Gasteiger partial charge in [0.05, 0.1) is 11.5 Å². The lowest BCUT2D eigenvalue weighted by Gasteiger charge is -2.32. The molecule has 158 valence electrons. The monoisotopic (exact) mass is 418 g/mol. The maximum Gasteiger partial charge on any atom is 0.417 e. The van der Waals surface area contributed by atoms with Gasteiger partial charge in [-0.3, -0.25) is 14.2 Å². The highest BCUT2D eigenvalue weighted by Crippen LogP contribution is 2.30. The molecule has 3 aromatic heterocycles. The molecule has 10 heteroatoms. The zero-order valence-electron chi connectivity index (χ0n) is 16.1. The molecular weight excluding hydrogens is 397 g/mol. The second kappa shape index (κ2) is 8.29. The summed E-state index contributed by atoms with van der Waals surface area (Å²) in [5.41, 5.74) is 0.609.